The molecule has 1 aromatic heterocycles. The minimum absolute atomic E-state index is 0.169. The van der Waals surface area contributed by atoms with Crippen molar-refractivity contribution in [3.63, 3.8) is 0 Å². The minimum atomic E-state index is -0.564. The molecular weight excluding hydrogens is 472 g/mol. The summed E-state index contributed by atoms with van der Waals surface area (Å²) in [6.45, 7) is 1.96. The zero-order chi connectivity index (χ0) is 20.3. The number of hydrogen-bond acceptors (Lipinski definition) is 5. The first-order chi connectivity index (χ1) is 13.9. The van der Waals surface area contributed by atoms with E-state index < -0.39 is 11.2 Å². The molecule has 3 atom stereocenters. The van der Waals surface area contributed by atoms with E-state index in [-0.39, 0.29) is 22.6 Å². The van der Waals surface area contributed by atoms with Crippen molar-refractivity contribution in [3.05, 3.63) is 78.7 Å². The van der Waals surface area contributed by atoms with Crippen molar-refractivity contribution in [1.82, 2.24) is 4.98 Å². The fourth-order valence-electron chi connectivity index (χ4n) is 4.02. The van der Waals surface area contributed by atoms with E-state index in [0.29, 0.717) is 10.7 Å². The van der Waals surface area contributed by atoms with Crippen LogP contribution in [0.4, 0.5) is 5.69 Å². The third-order valence-corrected chi connectivity index (χ3v) is 8.22. The maximum atomic E-state index is 13.5. The van der Waals surface area contributed by atoms with Crippen LogP contribution in [0.15, 0.2) is 62.8 Å². The van der Waals surface area contributed by atoms with Gasteiger partial charge in [-0.15, -0.1) is 0 Å². The average molecular weight is 487 g/mol. The van der Waals surface area contributed by atoms with Gasteiger partial charge >= 0.3 is 4.87 Å². The van der Waals surface area contributed by atoms with Gasteiger partial charge in [-0.2, -0.15) is 0 Å². The SMILES string of the molecule is Cc1ccc(N2C(=O)C3Sc4[nH]c(=O)sc4[C@H](c4cccc(Br)c4)C3C2=O)cc1. The summed E-state index contributed by atoms with van der Waals surface area (Å²) in [7, 11) is 0. The van der Waals surface area contributed by atoms with E-state index in [2.05, 4.69) is 20.9 Å². The smallest absolute Gasteiger partial charge is 0.305 e. The van der Waals surface area contributed by atoms with Gasteiger partial charge in [-0.25, -0.2) is 4.90 Å². The maximum Gasteiger partial charge on any atom is 0.305 e. The van der Waals surface area contributed by atoms with Crippen molar-refractivity contribution in [2.45, 2.75) is 23.1 Å². The van der Waals surface area contributed by atoms with Crippen LogP contribution in [0, 0.1) is 12.8 Å². The van der Waals surface area contributed by atoms with Gasteiger partial charge in [0, 0.05) is 15.3 Å². The predicted octanol–water partition coefficient (Wildman–Crippen LogP) is 4.30. The van der Waals surface area contributed by atoms with E-state index in [1.165, 1.54) is 16.7 Å². The summed E-state index contributed by atoms with van der Waals surface area (Å²) >= 11 is 5.91. The van der Waals surface area contributed by atoms with Gasteiger partial charge in [0.1, 0.15) is 5.25 Å². The third-order valence-electron chi connectivity index (χ3n) is 5.32. The van der Waals surface area contributed by atoms with Gasteiger partial charge in [-0.05, 0) is 36.8 Å². The lowest BCUT2D eigenvalue weighted by atomic mass is 9.83. The molecule has 0 spiro atoms. The molecule has 5 nitrogen and oxygen atoms in total. The van der Waals surface area contributed by atoms with E-state index in [4.69, 9.17) is 0 Å². The highest BCUT2D eigenvalue weighted by Crippen LogP contribution is 2.53. The van der Waals surface area contributed by atoms with E-state index in [0.717, 1.165) is 31.8 Å². The molecule has 29 heavy (non-hydrogen) atoms. The zero-order valence-electron chi connectivity index (χ0n) is 15.2. The highest BCUT2D eigenvalue weighted by molar-refractivity contribution is 9.10. The first-order valence-electron chi connectivity index (χ1n) is 9.03. The van der Waals surface area contributed by atoms with Crippen molar-refractivity contribution in [1.29, 1.82) is 0 Å². The third kappa shape index (κ3) is 3.01. The minimum Gasteiger partial charge on any atom is -0.307 e. The second-order valence-corrected chi connectivity index (χ2v) is 10.2. The number of hydrogen-bond donors (Lipinski definition) is 1. The lowest BCUT2D eigenvalue weighted by Crippen LogP contribution is -2.32. The van der Waals surface area contributed by atoms with Crippen LogP contribution in [0.2, 0.25) is 0 Å². The van der Waals surface area contributed by atoms with Gasteiger partial charge in [0.05, 0.1) is 16.6 Å². The molecule has 2 unspecified atom stereocenters. The summed E-state index contributed by atoms with van der Waals surface area (Å²) in [5.41, 5.74) is 2.56. The molecule has 3 aromatic rings. The number of rotatable bonds is 2. The largest absolute Gasteiger partial charge is 0.307 e. The molecule has 1 N–H and O–H groups in total. The molecule has 0 radical (unpaired) electrons. The van der Waals surface area contributed by atoms with Crippen LogP contribution in [-0.2, 0) is 9.59 Å². The number of halogens is 1. The van der Waals surface area contributed by atoms with Gasteiger partial charge in [0.15, 0.2) is 0 Å². The van der Waals surface area contributed by atoms with E-state index in [1.807, 2.05) is 43.3 Å². The van der Waals surface area contributed by atoms with Crippen molar-refractivity contribution in [3.8, 4) is 0 Å². The van der Waals surface area contributed by atoms with Crippen molar-refractivity contribution in [2.24, 2.45) is 5.92 Å². The standard InChI is InChI=1S/C21H15BrN2O3S2/c1-10-5-7-13(8-6-10)24-19(25)15-14(11-3-2-4-12(22)9-11)16-18(23-21(27)29-16)28-17(15)20(24)26/h2-9,14-15,17H,1H3,(H,23,27)/t14-,15?,17?/m1/s1. The summed E-state index contributed by atoms with van der Waals surface area (Å²) in [6, 6.07) is 15.1. The molecule has 5 rings (SSSR count). The van der Waals surface area contributed by atoms with Crippen LogP contribution < -0.4 is 9.77 Å². The number of aromatic amines is 1. The van der Waals surface area contributed by atoms with Gasteiger partial charge in [-0.1, -0.05) is 68.9 Å². The predicted molar refractivity (Wildman–Crippen MR) is 118 cm³/mol. The number of anilines is 1. The van der Waals surface area contributed by atoms with Crippen LogP contribution in [-0.4, -0.2) is 22.0 Å². The monoisotopic (exact) mass is 486 g/mol. The zero-order valence-corrected chi connectivity index (χ0v) is 18.4. The summed E-state index contributed by atoms with van der Waals surface area (Å²) in [5.74, 6) is -1.34. The van der Waals surface area contributed by atoms with Gasteiger partial charge in [0.25, 0.3) is 0 Å². The molecule has 1 saturated heterocycles. The topological polar surface area (TPSA) is 70.2 Å². The summed E-state index contributed by atoms with van der Waals surface area (Å²) < 4.78 is 0.890. The summed E-state index contributed by atoms with van der Waals surface area (Å²) in [5, 5.41) is 0.128. The van der Waals surface area contributed by atoms with Crippen LogP contribution >= 0.6 is 39.0 Å². The first-order valence-corrected chi connectivity index (χ1v) is 11.5. The molecule has 8 heteroatoms. The van der Waals surface area contributed by atoms with Gasteiger partial charge in [-0.3, -0.25) is 14.4 Å². The molecule has 0 bridgehead atoms. The number of fused-ring (bicyclic) bond motifs is 2. The highest BCUT2D eigenvalue weighted by atomic mass is 79.9. The summed E-state index contributed by atoms with van der Waals surface area (Å²) in [6.07, 6.45) is 0. The molecule has 2 aliphatic heterocycles. The molecule has 3 heterocycles. The number of thiazole rings is 1. The van der Waals surface area contributed by atoms with Gasteiger partial charge in [0.2, 0.25) is 11.8 Å². The Hall–Kier alpha value is -2.16. The Morgan fingerprint density at radius 3 is 2.52 bits per heavy atom. The molecule has 2 amide bonds. The second kappa shape index (κ2) is 6.97. The van der Waals surface area contributed by atoms with Crippen LogP contribution in [0.3, 0.4) is 0 Å². The highest BCUT2D eigenvalue weighted by Gasteiger charge is 2.56. The number of carbonyl (C=O) groups excluding carboxylic acids is 2. The number of amides is 2. The van der Waals surface area contributed by atoms with Crippen molar-refractivity contribution < 1.29 is 9.59 Å². The average Bonchev–Trinajstić information content (AvgIpc) is 3.18. The van der Waals surface area contributed by atoms with Crippen LogP contribution in [0.1, 0.15) is 21.9 Å². The molecule has 0 saturated carbocycles. The molecular formula is C21H15BrN2O3S2. The Kier molecular flexibility index (Phi) is 4.53. The number of nitrogens with zero attached hydrogens (tertiary/aromatic N) is 1. The lowest BCUT2D eigenvalue weighted by Gasteiger charge is -2.29. The van der Waals surface area contributed by atoms with E-state index in [9.17, 15) is 14.4 Å². The molecule has 146 valence electrons. The number of benzene rings is 2. The number of H-pyrrole nitrogens is 1. The lowest BCUT2D eigenvalue weighted by molar-refractivity contribution is -0.122. The summed E-state index contributed by atoms with van der Waals surface area (Å²) in [4.78, 5) is 43.7. The molecule has 2 aromatic carbocycles. The molecule has 0 aliphatic carbocycles. The van der Waals surface area contributed by atoms with Crippen molar-refractivity contribution in [2.75, 3.05) is 4.90 Å². The number of carbonyl (C=O) groups is 2. The van der Waals surface area contributed by atoms with Crippen LogP contribution in [0.25, 0.3) is 0 Å². The molecule has 2 aliphatic rings. The Labute approximate surface area is 183 Å². The Bertz CT molecular complexity index is 1200. The Balaban J connectivity index is 1.66. The van der Waals surface area contributed by atoms with E-state index >= 15 is 0 Å². The van der Waals surface area contributed by atoms with Gasteiger partial charge < -0.3 is 4.98 Å². The maximum absolute atomic E-state index is 13.5. The number of imide groups is 1. The number of nitrogens with one attached hydrogen (secondary N) is 1. The number of aryl methyl sites for hydroxylation is 1. The number of thioether (sulfide) groups is 1. The number of aromatic nitrogens is 1. The fourth-order valence-corrected chi connectivity index (χ4v) is 6.96. The normalized spacial score (nSPS) is 23.2. The Morgan fingerprint density at radius 2 is 1.79 bits per heavy atom. The fraction of sp³-hybridized carbons (Fsp3) is 0.190. The first kappa shape index (κ1) is 18.8. The van der Waals surface area contributed by atoms with Crippen LogP contribution in [0.5, 0.6) is 0 Å². The van der Waals surface area contributed by atoms with E-state index in [1.54, 1.807) is 12.1 Å². The quantitative estimate of drug-likeness (QED) is 0.548. The van der Waals surface area contributed by atoms with Crippen molar-refractivity contribution >= 4 is 56.5 Å². The Morgan fingerprint density at radius 1 is 1.03 bits per heavy atom. The second-order valence-electron chi connectivity index (χ2n) is 7.15. The molecule has 1 fully saturated rings.